The first-order valence-corrected chi connectivity index (χ1v) is 10.1. The second-order valence-electron chi connectivity index (χ2n) is 7.52. The van der Waals surface area contributed by atoms with Crippen LogP contribution in [0.25, 0.3) is 22.5 Å². The molecule has 150 valence electrons. The van der Waals surface area contributed by atoms with Crippen molar-refractivity contribution in [1.82, 2.24) is 24.7 Å². The van der Waals surface area contributed by atoms with E-state index in [-0.39, 0.29) is 5.91 Å². The molecule has 0 aliphatic carbocycles. The Morgan fingerprint density at radius 3 is 2.47 bits per heavy atom. The highest BCUT2D eigenvalue weighted by atomic mass is 16.2. The summed E-state index contributed by atoms with van der Waals surface area (Å²) < 4.78 is 1.72. The number of aryl methyl sites for hydroxylation is 1. The fraction of sp³-hybridized carbons (Fsp3) is 0.217. The summed E-state index contributed by atoms with van der Waals surface area (Å²) >= 11 is 0. The molecule has 1 aliphatic rings. The van der Waals surface area contributed by atoms with E-state index in [1.54, 1.807) is 16.9 Å². The Bertz CT molecular complexity index is 1240. The van der Waals surface area contributed by atoms with Crippen LogP contribution in [0.4, 0.5) is 5.82 Å². The number of aromatic nitrogens is 4. The number of fused-ring (bicyclic) bond motifs is 3. The van der Waals surface area contributed by atoms with Gasteiger partial charge in [0.15, 0.2) is 11.5 Å². The molecule has 0 saturated carbocycles. The maximum absolute atomic E-state index is 12.6. The SMILES string of the molecule is Cc1ccc(/C=C/C(=O)N2CCN(c3nn4cnnc4c4ccccc34)CC2)cc1. The molecule has 0 atom stereocenters. The van der Waals surface area contributed by atoms with Gasteiger partial charge in [0.05, 0.1) is 0 Å². The average molecular weight is 398 g/mol. The summed E-state index contributed by atoms with van der Waals surface area (Å²) in [7, 11) is 0. The molecule has 0 unspecified atom stereocenters. The fourth-order valence-corrected chi connectivity index (χ4v) is 3.83. The molecule has 1 saturated heterocycles. The van der Waals surface area contributed by atoms with Crippen molar-refractivity contribution in [2.45, 2.75) is 6.92 Å². The Morgan fingerprint density at radius 1 is 0.967 bits per heavy atom. The van der Waals surface area contributed by atoms with Crippen LogP contribution in [-0.2, 0) is 4.79 Å². The topological polar surface area (TPSA) is 66.6 Å². The van der Waals surface area contributed by atoms with Crippen molar-refractivity contribution < 1.29 is 4.79 Å². The first-order chi connectivity index (χ1) is 14.7. The molecular weight excluding hydrogens is 376 g/mol. The van der Waals surface area contributed by atoms with Crippen molar-refractivity contribution in [2.24, 2.45) is 0 Å². The van der Waals surface area contributed by atoms with E-state index in [2.05, 4.69) is 28.1 Å². The lowest BCUT2D eigenvalue weighted by atomic mass is 10.1. The average Bonchev–Trinajstić information content (AvgIpc) is 3.27. The zero-order chi connectivity index (χ0) is 20.5. The van der Waals surface area contributed by atoms with Gasteiger partial charge in [0.25, 0.3) is 0 Å². The maximum atomic E-state index is 12.6. The van der Waals surface area contributed by atoms with E-state index in [0.717, 1.165) is 40.9 Å². The summed E-state index contributed by atoms with van der Waals surface area (Å²) in [4.78, 5) is 16.7. The maximum Gasteiger partial charge on any atom is 0.246 e. The molecule has 0 spiro atoms. The van der Waals surface area contributed by atoms with Crippen molar-refractivity contribution in [1.29, 1.82) is 0 Å². The molecule has 1 amide bonds. The lowest BCUT2D eigenvalue weighted by Gasteiger charge is -2.35. The van der Waals surface area contributed by atoms with Gasteiger partial charge in [-0.2, -0.15) is 4.52 Å². The zero-order valence-corrected chi connectivity index (χ0v) is 16.8. The Kier molecular flexibility index (Phi) is 4.63. The van der Waals surface area contributed by atoms with Gasteiger partial charge in [-0.15, -0.1) is 15.3 Å². The van der Waals surface area contributed by atoms with E-state index in [1.165, 1.54) is 5.56 Å². The van der Waals surface area contributed by atoms with E-state index in [0.29, 0.717) is 13.1 Å². The summed E-state index contributed by atoms with van der Waals surface area (Å²) in [6.45, 7) is 4.83. The molecule has 4 aromatic rings. The van der Waals surface area contributed by atoms with E-state index < -0.39 is 0 Å². The third-order valence-corrected chi connectivity index (χ3v) is 5.53. The smallest absolute Gasteiger partial charge is 0.246 e. The monoisotopic (exact) mass is 398 g/mol. The largest absolute Gasteiger partial charge is 0.351 e. The van der Waals surface area contributed by atoms with E-state index in [9.17, 15) is 4.79 Å². The van der Waals surface area contributed by atoms with Gasteiger partial charge in [0.2, 0.25) is 5.91 Å². The van der Waals surface area contributed by atoms with Crippen LogP contribution in [0.15, 0.2) is 60.9 Å². The molecule has 3 heterocycles. The number of benzene rings is 2. The lowest BCUT2D eigenvalue weighted by molar-refractivity contribution is -0.126. The Balaban J connectivity index is 1.32. The van der Waals surface area contributed by atoms with Gasteiger partial charge >= 0.3 is 0 Å². The molecule has 0 radical (unpaired) electrons. The molecule has 0 N–H and O–H groups in total. The fourth-order valence-electron chi connectivity index (χ4n) is 3.83. The summed E-state index contributed by atoms with van der Waals surface area (Å²) in [5.41, 5.74) is 3.00. The van der Waals surface area contributed by atoms with Gasteiger partial charge < -0.3 is 9.80 Å². The van der Waals surface area contributed by atoms with E-state index in [4.69, 9.17) is 5.10 Å². The van der Waals surface area contributed by atoms with E-state index in [1.807, 2.05) is 53.4 Å². The highest BCUT2D eigenvalue weighted by Crippen LogP contribution is 2.27. The lowest BCUT2D eigenvalue weighted by Crippen LogP contribution is -2.48. The second kappa shape index (κ2) is 7.59. The standard InChI is InChI=1S/C23H22N6O/c1-17-6-8-18(9-7-17)10-11-21(30)27-12-14-28(15-13-27)23-20-5-3-2-4-19(20)22-25-24-16-29(22)26-23/h2-11,16H,12-15H2,1H3/b11-10+. The summed E-state index contributed by atoms with van der Waals surface area (Å²) in [6.07, 6.45) is 5.17. The molecule has 7 nitrogen and oxygen atoms in total. The number of hydrogen-bond acceptors (Lipinski definition) is 5. The van der Waals surface area contributed by atoms with Gasteiger partial charge in [-0.05, 0) is 18.6 Å². The minimum atomic E-state index is 0.0438. The first kappa shape index (κ1) is 18.3. The Morgan fingerprint density at radius 2 is 1.70 bits per heavy atom. The van der Waals surface area contributed by atoms with Gasteiger partial charge in [0, 0.05) is 43.0 Å². The van der Waals surface area contributed by atoms with Gasteiger partial charge in [-0.25, -0.2) is 0 Å². The summed E-state index contributed by atoms with van der Waals surface area (Å²) in [5.74, 6) is 0.947. The third-order valence-electron chi connectivity index (χ3n) is 5.53. The van der Waals surface area contributed by atoms with Crippen molar-refractivity contribution in [3.8, 4) is 0 Å². The number of carbonyl (C=O) groups excluding carboxylic acids is 1. The molecule has 2 aromatic carbocycles. The molecular formula is C23H22N6O. The van der Waals surface area contributed by atoms with Crippen LogP contribution in [-0.4, -0.2) is 56.8 Å². The van der Waals surface area contributed by atoms with Crippen LogP contribution in [0, 0.1) is 6.92 Å². The van der Waals surface area contributed by atoms with Crippen LogP contribution < -0.4 is 4.90 Å². The number of piperazine rings is 1. The van der Waals surface area contributed by atoms with Crippen LogP contribution in [0.3, 0.4) is 0 Å². The zero-order valence-electron chi connectivity index (χ0n) is 16.8. The molecule has 1 fully saturated rings. The molecule has 0 bridgehead atoms. The molecule has 30 heavy (non-hydrogen) atoms. The van der Waals surface area contributed by atoms with Crippen molar-refractivity contribution in [3.05, 3.63) is 72.1 Å². The molecule has 1 aliphatic heterocycles. The number of rotatable bonds is 3. The predicted octanol–water partition coefficient (Wildman–Crippen LogP) is 2.95. The number of carbonyl (C=O) groups is 1. The molecule has 7 heteroatoms. The van der Waals surface area contributed by atoms with Gasteiger partial charge in [0.1, 0.15) is 6.33 Å². The van der Waals surface area contributed by atoms with Crippen molar-refractivity contribution in [3.63, 3.8) is 0 Å². The Hall–Kier alpha value is -3.74. The van der Waals surface area contributed by atoms with Gasteiger partial charge in [-0.1, -0.05) is 54.1 Å². The number of hydrogen-bond donors (Lipinski definition) is 0. The minimum Gasteiger partial charge on any atom is -0.351 e. The molecule has 5 rings (SSSR count). The van der Waals surface area contributed by atoms with Crippen LogP contribution in [0.1, 0.15) is 11.1 Å². The van der Waals surface area contributed by atoms with Gasteiger partial charge in [-0.3, -0.25) is 4.79 Å². The normalized spacial score (nSPS) is 14.8. The summed E-state index contributed by atoms with van der Waals surface area (Å²) in [5, 5.41) is 15.0. The molecule has 2 aromatic heterocycles. The third kappa shape index (κ3) is 3.39. The number of anilines is 1. The van der Waals surface area contributed by atoms with Crippen LogP contribution in [0.5, 0.6) is 0 Å². The quantitative estimate of drug-likeness (QED) is 0.497. The summed E-state index contributed by atoms with van der Waals surface area (Å²) in [6, 6.07) is 16.3. The number of amides is 1. The minimum absolute atomic E-state index is 0.0438. The van der Waals surface area contributed by atoms with Crippen molar-refractivity contribution >= 4 is 34.2 Å². The van der Waals surface area contributed by atoms with E-state index >= 15 is 0 Å². The number of nitrogens with zero attached hydrogens (tertiary/aromatic N) is 6. The highest BCUT2D eigenvalue weighted by molar-refractivity contribution is 6.00. The predicted molar refractivity (Wildman–Crippen MR) is 117 cm³/mol. The first-order valence-electron chi connectivity index (χ1n) is 10.1. The van der Waals surface area contributed by atoms with Crippen LogP contribution >= 0.6 is 0 Å². The Labute approximate surface area is 174 Å². The van der Waals surface area contributed by atoms with Crippen molar-refractivity contribution in [2.75, 3.05) is 31.1 Å². The van der Waals surface area contributed by atoms with Crippen LogP contribution in [0.2, 0.25) is 0 Å². The second-order valence-corrected chi connectivity index (χ2v) is 7.52. The highest BCUT2D eigenvalue weighted by Gasteiger charge is 2.23.